The predicted octanol–water partition coefficient (Wildman–Crippen LogP) is -0.548. The number of hydrogen-bond acceptors (Lipinski definition) is 3. The Balaban J connectivity index is 2.65. The van der Waals surface area contributed by atoms with Crippen molar-refractivity contribution in [3.05, 3.63) is 29.8 Å². The Hall–Kier alpha value is -1.34. The van der Waals surface area contributed by atoms with Gasteiger partial charge in [-0.15, -0.1) is 0 Å². The minimum absolute atomic E-state index is 0.159. The number of rotatable bonds is 4. The molecule has 0 aromatic heterocycles. The number of carboxylic acids is 1. The van der Waals surface area contributed by atoms with Crippen LogP contribution in [0.5, 0.6) is 0 Å². The summed E-state index contributed by atoms with van der Waals surface area (Å²) in [4.78, 5) is 12.6. The molecule has 1 atom stereocenters. The molecule has 0 unspecified atom stereocenters. The number of nitrogens with zero attached hydrogens (tertiary/aromatic N) is 1. The topological polar surface area (TPSA) is 87.1 Å². The van der Waals surface area contributed by atoms with Crippen LogP contribution < -0.4 is 10.2 Å². The van der Waals surface area contributed by atoms with Crippen LogP contribution >= 0.6 is 0 Å². The molecule has 0 aliphatic rings. The standard InChI is InChI=1S/C10H10N2O2Se/c11-6-15-8-3-1-7(2-4-8)5-9(12)10(13)14/h1-4,9H,5,12H2,(H,13,14)/t9-/m0/s1. The summed E-state index contributed by atoms with van der Waals surface area (Å²) in [7, 11) is 0. The Morgan fingerprint density at radius 1 is 1.53 bits per heavy atom. The third-order valence-corrected chi connectivity index (χ3v) is 3.12. The van der Waals surface area contributed by atoms with Gasteiger partial charge in [0.05, 0.1) is 0 Å². The molecule has 0 aliphatic carbocycles. The van der Waals surface area contributed by atoms with Crippen molar-refractivity contribution in [1.29, 1.82) is 5.26 Å². The Morgan fingerprint density at radius 3 is 2.60 bits per heavy atom. The first-order valence-electron chi connectivity index (χ1n) is 4.26. The van der Waals surface area contributed by atoms with E-state index in [2.05, 4.69) is 4.97 Å². The van der Waals surface area contributed by atoms with E-state index in [1.807, 2.05) is 24.3 Å². The third-order valence-electron chi connectivity index (χ3n) is 1.86. The maximum absolute atomic E-state index is 10.5. The Morgan fingerprint density at radius 2 is 2.13 bits per heavy atom. The first-order chi connectivity index (χ1) is 7.13. The zero-order chi connectivity index (χ0) is 11.3. The Bertz CT molecular complexity index is 383. The van der Waals surface area contributed by atoms with E-state index >= 15 is 0 Å². The summed E-state index contributed by atoms with van der Waals surface area (Å²) < 4.78 is 0.984. The second-order valence-electron chi connectivity index (χ2n) is 2.99. The van der Waals surface area contributed by atoms with Crippen molar-refractivity contribution in [3.63, 3.8) is 0 Å². The number of hydrogen-bond donors (Lipinski definition) is 2. The van der Waals surface area contributed by atoms with Crippen molar-refractivity contribution in [2.75, 3.05) is 0 Å². The molecule has 0 fully saturated rings. The van der Waals surface area contributed by atoms with Gasteiger partial charge in [-0.2, -0.15) is 0 Å². The average molecular weight is 269 g/mol. The molecule has 0 bridgehead atoms. The number of benzene rings is 1. The molecule has 0 radical (unpaired) electrons. The van der Waals surface area contributed by atoms with E-state index in [-0.39, 0.29) is 15.0 Å². The fourth-order valence-corrected chi connectivity index (χ4v) is 1.88. The molecule has 5 heteroatoms. The van der Waals surface area contributed by atoms with Crippen LogP contribution in [0.25, 0.3) is 0 Å². The molecule has 0 saturated carbocycles. The third kappa shape index (κ3) is 3.72. The molecule has 0 aliphatic heterocycles. The van der Waals surface area contributed by atoms with Gasteiger partial charge in [0, 0.05) is 0 Å². The number of nitrogens with two attached hydrogens (primary N) is 1. The molecular weight excluding hydrogens is 259 g/mol. The fourth-order valence-electron chi connectivity index (χ4n) is 1.09. The summed E-state index contributed by atoms with van der Waals surface area (Å²) in [5.74, 6) is -1.000. The van der Waals surface area contributed by atoms with E-state index in [1.165, 1.54) is 0 Å². The van der Waals surface area contributed by atoms with Crippen molar-refractivity contribution in [2.24, 2.45) is 5.73 Å². The van der Waals surface area contributed by atoms with E-state index in [0.29, 0.717) is 6.42 Å². The summed E-state index contributed by atoms with van der Waals surface area (Å²) in [6.07, 6.45) is 0.315. The summed E-state index contributed by atoms with van der Waals surface area (Å²) in [5, 5.41) is 17.1. The van der Waals surface area contributed by atoms with Gasteiger partial charge in [0.25, 0.3) is 0 Å². The summed E-state index contributed by atoms with van der Waals surface area (Å²) in [6.45, 7) is 0. The van der Waals surface area contributed by atoms with Gasteiger partial charge >= 0.3 is 93.5 Å². The molecular formula is C10H10N2O2Se. The molecule has 0 amide bonds. The Kier molecular flexibility index (Phi) is 4.32. The molecule has 0 saturated heterocycles. The first-order valence-corrected chi connectivity index (χ1v) is 5.98. The van der Waals surface area contributed by atoms with Crippen molar-refractivity contribution in [2.45, 2.75) is 12.5 Å². The van der Waals surface area contributed by atoms with Crippen LogP contribution in [-0.4, -0.2) is 32.1 Å². The molecule has 0 heterocycles. The molecule has 15 heavy (non-hydrogen) atoms. The van der Waals surface area contributed by atoms with Gasteiger partial charge in [-0.05, 0) is 0 Å². The van der Waals surface area contributed by atoms with E-state index in [9.17, 15) is 4.79 Å². The number of nitriles is 1. The van der Waals surface area contributed by atoms with Crippen LogP contribution in [0.15, 0.2) is 24.3 Å². The van der Waals surface area contributed by atoms with Gasteiger partial charge in [0.2, 0.25) is 0 Å². The second-order valence-corrected chi connectivity index (χ2v) is 4.79. The molecule has 78 valence electrons. The molecule has 0 spiro atoms. The van der Waals surface area contributed by atoms with Crippen molar-refractivity contribution >= 4 is 25.4 Å². The molecule has 4 nitrogen and oxygen atoms in total. The predicted molar refractivity (Wildman–Crippen MR) is 56.8 cm³/mol. The number of carbonyl (C=O) groups is 1. The maximum atomic E-state index is 10.5. The SMILES string of the molecule is N#C[Se]c1ccc(C[C@H](N)C(=O)O)cc1. The van der Waals surface area contributed by atoms with E-state index < -0.39 is 12.0 Å². The van der Waals surface area contributed by atoms with Crippen LogP contribution in [0.1, 0.15) is 5.56 Å². The van der Waals surface area contributed by atoms with Gasteiger partial charge < -0.3 is 0 Å². The fraction of sp³-hybridized carbons (Fsp3) is 0.200. The van der Waals surface area contributed by atoms with E-state index in [0.717, 1.165) is 10.0 Å². The normalized spacial score (nSPS) is 11.7. The van der Waals surface area contributed by atoms with E-state index in [1.54, 1.807) is 0 Å². The van der Waals surface area contributed by atoms with E-state index in [4.69, 9.17) is 16.1 Å². The summed E-state index contributed by atoms with van der Waals surface area (Å²) in [5.41, 5.74) is 6.27. The second kappa shape index (κ2) is 5.52. The van der Waals surface area contributed by atoms with Gasteiger partial charge in [-0.3, -0.25) is 0 Å². The molecule has 3 N–H and O–H groups in total. The van der Waals surface area contributed by atoms with Gasteiger partial charge in [-0.25, -0.2) is 0 Å². The van der Waals surface area contributed by atoms with Crippen LogP contribution in [0, 0.1) is 10.2 Å². The van der Waals surface area contributed by atoms with Crippen molar-refractivity contribution in [1.82, 2.24) is 0 Å². The van der Waals surface area contributed by atoms with Gasteiger partial charge in [0.15, 0.2) is 0 Å². The number of carboxylic acid groups (broad SMARTS) is 1. The number of aliphatic carboxylic acids is 1. The van der Waals surface area contributed by atoms with Crippen LogP contribution in [0.2, 0.25) is 0 Å². The van der Waals surface area contributed by atoms with Crippen LogP contribution in [0.3, 0.4) is 0 Å². The molecule has 1 aromatic carbocycles. The Labute approximate surface area is 93.9 Å². The molecule has 1 aromatic rings. The average Bonchev–Trinajstić information content (AvgIpc) is 2.21. The van der Waals surface area contributed by atoms with Crippen LogP contribution in [-0.2, 0) is 11.2 Å². The zero-order valence-corrected chi connectivity index (χ0v) is 9.60. The zero-order valence-electron chi connectivity index (χ0n) is 7.88. The molecule has 1 rings (SSSR count). The van der Waals surface area contributed by atoms with Crippen LogP contribution in [0.4, 0.5) is 0 Å². The quantitative estimate of drug-likeness (QED) is 0.718. The van der Waals surface area contributed by atoms with Gasteiger partial charge in [-0.1, -0.05) is 0 Å². The van der Waals surface area contributed by atoms with Gasteiger partial charge in [0.1, 0.15) is 0 Å². The summed E-state index contributed by atoms with van der Waals surface area (Å²) in [6, 6.07) is 6.45. The minimum atomic E-state index is -1.000. The first kappa shape index (κ1) is 11.7. The monoisotopic (exact) mass is 270 g/mol. The summed E-state index contributed by atoms with van der Waals surface area (Å²) >= 11 is -0.159. The van der Waals surface area contributed by atoms with Crippen molar-refractivity contribution < 1.29 is 9.90 Å². The van der Waals surface area contributed by atoms with Crippen molar-refractivity contribution in [3.8, 4) is 4.97 Å².